The molecular formula is C13H20O5. The van der Waals surface area contributed by atoms with Crippen LogP contribution in [-0.2, 0) is 19.0 Å². The summed E-state index contributed by atoms with van der Waals surface area (Å²) < 4.78 is 15.7. The van der Waals surface area contributed by atoms with Crippen LogP contribution in [0, 0.1) is 0 Å². The third kappa shape index (κ3) is 4.16. The van der Waals surface area contributed by atoms with E-state index in [0.29, 0.717) is 19.3 Å². The Morgan fingerprint density at radius 2 is 2.22 bits per heavy atom. The topological polar surface area (TPSA) is 65.0 Å². The van der Waals surface area contributed by atoms with Crippen molar-refractivity contribution in [1.29, 1.82) is 0 Å². The van der Waals surface area contributed by atoms with E-state index >= 15 is 0 Å². The van der Waals surface area contributed by atoms with E-state index < -0.39 is 5.79 Å². The van der Waals surface area contributed by atoms with Crippen molar-refractivity contribution in [2.75, 3.05) is 20.8 Å². The van der Waals surface area contributed by atoms with Crippen molar-refractivity contribution in [2.45, 2.75) is 31.5 Å². The molecule has 0 spiro atoms. The van der Waals surface area contributed by atoms with Gasteiger partial charge in [-0.25, -0.2) is 0 Å². The van der Waals surface area contributed by atoms with Gasteiger partial charge in [-0.05, 0) is 31.1 Å². The lowest BCUT2D eigenvalue weighted by Gasteiger charge is -2.30. The Hall–Kier alpha value is -1.33. The van der Waals surface area contributed by atoms with Gasteiger partial charge in [-0.1, -0.05) is 0 Å². The van der Waals surface area contributed by atoms with E-state index in [9.17, 15) is 4.79 Å². The molecule has 5 nitrogen and oxygen atoms in total. The molecule has 0 bridgehead atoms. The Labute approximate surface area is 107 Å². The first-order valence-electron chi connectivity index (χ1n) is 5.97. The van der Waals surface area contributed by atoms with E-state index in [2.05, 4.69) is 0 Å². The molecule has 18 heavy (non-hydrogen) atoms. The van der Waals surface area contributed by atoms with E-state index in [1.165, 1.54) is 7.11 Å². The number of carbonyl (C=O) groups is 1. The average Bonchev–Trinajstić information content (AvgIpc) is 2.40. The van der Waals surface area contributed by atoms with E-state index in [1.807, 2.05) is 6.08 Å². The molecule has 102 valence electrons. The number of hydrogen-bond donors (Lipinski definition) is 1. The molecule has 1 atom stereocenters. The zero-order chi connectivity index (χ0) is 13.4. The predicted octanol–water partition coefficient (Wildman–Crippen LogP) is 1.53. The van der Waals surface area contributed by atoms with Crippen LogP contribution in [0.5, 0.6) is 0 Å². The number of esters is 1. The van der Waals surface area contributed by atoms with Crippen LogP contribution in [-0.4, -0.2) is 37.7 Å². The third-order valence-electron chi connectivity index (χ3n) is 2.75. The molecule has 1 rings (SSSR count). The highest BCUT2D eigenvalue weighted by Crippen LogP contribution is 2.26. The molecule has 1 aliphatic carbocycles. The SMILES string of the molecule is COC1=CCC(OC)(OC(=O)CCCCO)C=C1. The zero-order valence-electron chi connectivity index (χ0n) is 10.8. The Morgan fingerprint density at radius 1 is 1.44 bits per heavy atom. The van der Waals surface area contributed by atoms with E-state index in [0.717, 1.165) is 5.76 Å². The summed E-state index contributed by atoms with van der Waals surface area (Å²) in [5.41, 5.74) is 0. The molecule has 0 aromatic heterocycles. The van der Waals surface area contributed by atoms with Crippen molar-refractivity contribution in [3.05, 3.63) is 24.0 Å². The molecule has 0 aromatic rings. The first-order valence-corrected chi connectivity index (χ1v) is 5.97. The molecule has 0 radical (unpaired) electrons. The summed E-state index contributed by atoms with van der Waals surface area (Å²) in [6.45, 7) is 0.0859. The Kier molecular flexibility index (Phi) is 5.88. The molecule has 0 saturated heterocycles. The van der Waals surface area contributed by atoms with Crippen LogP contribution < -0.4 is 0 Å². The van der Waals surface area contributed by atoms with Crippen molar-refractivity contribution in [3.8, 4) is 0 Å². The highest BCUT2D eigenvalue weighted by molar-refractivity contribution is 5.70. The number of aliphatic hydroxyl groups is 1. The number of hydrogen-bond acceptors (Lipinski definition) is 5. The number of allylic oxidation sites excluding steroid dienone is 1. The van der Waals surface area contributed by atoms with E-state index in [-0.39, 0.29) is 19.0 Å². The molecule has 0 amide bonds. The Balaban J connectivity index is 2.50. The van der Waals surface area contributed by atoms with Crippen LogP contribution in [0.2, 0.25) is 0 Å². The standard InChI is InChI=1S/C13H20O5/c1-16-11-6-8-13(17-2,9-7-11)18-12(15)5-3-4-10-14/h6-8,14H,3-5,9-10H2,1-2H3. The number of carbonyl (C=O) groups excluding carboxylic acids is 1. The second-order valence-electron chi connectivity index (χ2n) is 4.02. The second kappa shape index (κ2) is 7.18. The van der Waals surface area contributed by atoms with Crippen LogP contribution >= 0.6 is 0 Å². The molecule has 1 unspecified atom stereocenters. The Bertz CT molecular complexity index is 334. The first-order chi connectivity index (χ1) is 8.65. The normalized spacial score (nSPS) is 22.5. The number of ether oxygens (including phenoxy) is 3. The minimum Gasteiger partial charge on any atom is -0.497 e. The highest BCUT2D eigenvalue weighted by Gasteiger charge is 2.32. The molecule has 1 aliphatic rings. The van der Waals surface area contributed by atoms with Gasteiger partial charge < -0.3 is 19.3 Å². The summed E-state index contributed by atoms with van der Waals surface area (Å²) in [5, 5.41) is 8.64. The van der Waals surface area contributed by atoms with Gasteiger partial charge in [-0.3, -0.25) is 4.79 Å². The third-order valence-corrected chi connectivity index (χ3v) is 2.75. The van der Waals surface area contributed by atoms with Gasteiger partial charge in [0.15, 0.2) is 0 Å². The van der Waals surface area contributed by atoms with Gasteiger partial charge in [0.2, 0.25) is 5.79 Å². The quantitative estimate of drug-likeness (QED) is 0.425. The van der Waals surface area contributed by atoms with Gasteiger partial charge in [0.1, 0.15) is 5.76 Å². The summed E-state index contributed by atoms with van der Waals surface area (Å²) in [6, 6.07) is 0. The molecule has 0 heterocycles. The average molecular weight is 256 g/mol. The van der Waals surface area contributed by atoms with Crippen LogP contribution in [0.25, 0.3) is 0 Å². The minimum atomic E-state index is -1.03. The minimum absolute atomic E-state index is 0.0859. The lowest BCUT2D eigenvalue weighted by atomic mass is 10.1. The zero-order valence-corrected chi connectivity index (χ0v) is 10.8. The number of aliphatic hydroxyl groups excluding tert-OH is 1. The Morgan fingerprint density at radius 3 is 2.72 bits per heavy atom. The molecule has 5 heteroatoms. The molecule has 0 aromatic carbocycles. The summed E-state index contributed by atoms with van der Waals surface area (Å²) in [7, 11) is 3.08. The van der Waals surface area contributed by atoms with Crippen molar-refractivity contribution < 1.29 is 24.1 Å². The van der Waals surface area contributed by atoms with Crippen molar-refractivity contribution in [3.63, 3.8) is 0 Å². The van der Waals surface area contributed by atoms with Gasteiger partial charge in [0.05, 0.1) is 7.11 Å². The maximum absolute atomic E-state index is 11.6. The maximum atomic E-state index is 11.6. The number of rotatable bonds is 7. The van der Waals surface area contributed by atoms with Crippen molar-refractivity contribution >= 4 is 5.97 Å². The molecule has 0 saturated carbocycles. The van der Waals surface area contributed by atoms with Gasteiger partial charge in [-0.2, -0.15) is 0 Å². The fraction of sp³-hybridized carbons (Fsp3) is 0.615. The van der Waals surface area contributed by atoms with Crippen molar-refractivity contribution in [2.24, 2.45) is 0 Å². The van der Waals surface area contributed by atoms with Gasteiger partial charge in [0.25, 0.3) is 0 Å². The number of methoxy groups -OCH3 is 2. The smallest absolute Gasteiger partial charge is 0.308 e. The fourth-order valence-electron chi connectivity index (χ4n) is 1.63. The summed E-state index contributed by atoms with van der Waals surface area (Å²) >= 11 is 0. The fourth-order valence-corrected chi connectivity index (χ4v) is 1.63. The molecule has 0 aliphatic heterocycles. The van der Waals surface area contributed by atoms with Gasteiger partial charge >= 0.3 is 5.97 Å². The van der Waals surface area contributed by atoms with Crippen molar-refractivity contribution in [1.82, 2.24) is 0 Å². The molecule has 1 N–H and O–H groups in total. The second-order valence-corrected chi connectivity index (χ2v) is 4.02. The first kappa shape index (κ1) is 14.7. The lowest BCUT2D eigenvalue weighted by molar-refractivity contribution is -0.200. The van der Waals surface area contributed by atoms with Crippen LogP contribution in [0.4, 0.5) is 0 Å². The lowest BCUT2D eigenvalue weighted by Crippen LogP contribution is -2.36. The summed E-state index contributed by atoms with van der Waals surface area (Å²) in [6.07, 6.45) is 7.11. The number of unbranched alkanes of at least 4 members (excludes halogenated alkanes) is 1. The van der Waals surface area contributed by atoms with E-state index in [1.54, 1.807) is 19.3 Å². The van der Waals surface area contributed by atoms with Crippen LogP contribution in [0.15, 0.2) is 24.0 Å². The maximum Gasteiger partial charge on any atom is 0.308 e. The molecular weight excluding hydrogens is 236 g/mol. The predicted molar refractivity (Wildman–Crippen MR) is 65.6 cm³/mol. The molecule has 0 fully saturated rings. The van der Waals surface area contributed by atoms with Gasteiger partial charge in [0, 0.05) is 26.6 Å². The van der Waals surface area contributed by atoms with E-state index in [4.69, 9.17) is 19.3 Å². The van der Waals surface area contributed by atoms with Gasteiger partial charge in [-0.15, -0.1) is 0 Å². The van der Waals surface area contributed by atoms with Crippen LogP contribution in [0.1, 0.15) is 25.7 Å². The largest absolute Gasteiger partial charge is 0.497 e. The monoisotopic (exact) mass is 256 g/mol. The van der Waals surface area contributed by atoms with Crippen LogP contribution in [0.3, 0.4) is 0 Å². The summed E-state index contributed by atoms with van der Waals surface area (Å²) in [5.74, 6) is -0.638. The summed E-state index contributed by atoms with van der Waals surface area (Å²) in [4.78, 5) is 11.6. The highest BCUT2D eigenvalue weighted by atomic mass is 16.7.